The highest BCUT2D eigenvalue weighted by molar-refractivity contribution is 6.17. The Balaban J connectivity index is 3.51. The van der Waals surface area contributed by atoms with Gasteiger partial charge in [0.2, 0.25) is 0 Å². The Morgan fingerprint density at radius 3 is 2.53 bits per heavy atom. The fourth-order valence-electron chi connectivity index (χ4n) is 1.35. The summed E-state index contributed by atoms with van der Waals surface area (Å²) in [6, 6.07) is 2.73. The Morgan fingerprint density at radius 1 is 1.47 bits per heavy atom. The number of benzene rings is 1. The van der Waals surface area contributed by atoms with Crippen LogP contribution in [0.2, 0.25) is 0 Å². The molecule has 7 heteroatoms. The zero-order valence-electron chi connectivity index (χ0n) is 9.23. The molecule has 0 aliphatic heterocycles. The molecule has 92 valence electrons. The lowest BCUT2D eigenvalue weighted by Crippen LogP contribution is -2.08. The van der Waals surface area contributed by atoms with Gasteiger partial charge in [0.25, 0.3) is 0 Å². The van der Waals surface area contributed by atoms with E-state index in [9.17, 15) is 14.9 Å². The Hall–Kier alpha value is -1.82. The van der Waals surface area contributed by atoms with Gasteiger partial charge >= 0.3 is 11.7 Å². The van der Waals surface area contributed by atoms with E-state index in [1.165, 1.54) is 19.2 Å². The lowest BCUT2D eigenvalue weighted by atomic mass is 10.1. The number of halogens is 1. The van der Waals surface area contributed by atoms with Gasteiger partial charge in [-0.25, -0.2) is 4.79 Å². The first-order valence-electron chi connectivity index (χ1n) is 4.54. The van der Waals surface area contributed by atoms with Crippen molar-refractivity contribution < 1.29 is 19.2 Å². The maximum Gasteiger partial charge on any atom is 0.345 e. The van der Waals surface area contributed by atoms with E-state index >= 15 is 0 Å². The molecule has 0 unspecified atom stereocenters. The van der Waals surface area contributed by atoms with E-state index in [0.717, 1.165) is 7.11 Å². The van der Waals surface area contributed by atoms with E-state index < -0.39 is 16.6 Å². The molecule has 0 bridgehead atoms. The van der Waals surface area contributed by atoms with Crippen molar-refractivity contribution in [3.8, 4) is 5.75 Å². The maximum absolute atomic E-state index is 11.4. The molecule has 0 spiro atoms. The van der Waals surface area contributed by atoms with Crippen LogP contribution in [0.1, 0.15) is 15.9 Å². The van der Waals surface area contributed by atoms with Crippen molar-refractivity contribution in [1.82, 2.24) is 0 Å². The number of hydrogen-bond acceptors (Lipinski definition) is 5. The highest BCUT2D eigenvalue weighted by atomic mass is 35.5. The van der Waals surface area contributed by atoms with Crippen LogP contribution in [0, 0.1) is 10.1 Å². The molecule has 0 N–H and O–H groups in total. The van der Waals surface area contributed by atoms with Crippen LogP contribution in [0.5, 0.6) is 5.75 Å². The molecule has 1 aromatic carbocycles. The molecule has 0 aromatic heterocycles. The average molecular weight is 260 g/mol. The van der Waals surface area contributed by atoms with E-state index in [-0.39, 0.29) is 17.2 Å². The Bertz CT molecular complexity index is 460. The van der Waals surface area contributed by atoms with Gasteiger partial charge in [0, 0.05) is 5.88 Å². The van der Waals surface area contributed by atoms with Crippen molar-refractivity contribution in [3.05, 3.63) is 33.4 Å². The molecule has 6 nitrogen and oxygen atoms in total. The van der Waals surface area contributed by atoms with E-state index in [2.05, 4.69) is 4.74 Å². The Morgan fingerprint density at radius 2 is 2.12 bits per heavy atom. The summed E-state index contributed by atoms with van der Waals surface area (Å²) >= 11 is 5.63. The quantitative estimate of drug-likeness (QED) is 0.358. The highest BCUT2D eigenvalue weighted by Gasteiger charge is 2.27. The minimum atomic E-state index is -0.804. The largest absolute Gasteiger partial charge is 0.490 e. The van der Waals surface area contributed by atoms with Crippen LogP contribution in [0.3, 0.4) is 0 Å². The maximum atomic E-state index is 11.4. The van der Waals surface area contributed by atoms with Gasteiger partial charge in [0.15, 0.2) is 5.75 Å². The highest BCUT2D eigenvalue weighted by Crippen LogP contribution is 2.33. The van der Waals surface area contributed by atoms with Crippen LogP contribution in [0.4, 0.5) is 5.69 Å². The van der Waals surface area contributed by atoms with Crippen molar-refractivity contribution in [3.63, 3.8) is 0 Å². The summed E-state index contributed by atoms with van der Waals surface area (Å²) in [5.74, 6) is -0.714. The lowest BCUT2D eigenvalue weighted by Gasteiger charge is -2.07. The summed E-state index contributed by atoms with van der Waals surface area (Å²) < 4.78 is 9.36. The second kappa shape index (κ2) is 5.49. The first-order chi connectivity index (χ1) is 8.04. The van der Waals surface area contributed by atoms with Crippen LogP contribution < -0.4 is 4.74 Å². The zero-order valence-corrected chi connectivity index (χ0v) is 9.98. The van der Waals surface area contributed by atoms with Gasteiger partial charge in [-0.2, -0.15) is 0 Å². The first-order valence-corrected chi connectivity index (χ1v) is 5.08. The summed E-state index contributed by atoms with van der Waals surface area (Å²) in [6.07, 6.45) is 0. The predicted molar refractivity (Wildman–Crippen MR) is 60.5 cm³/mol. The number of methoxy groups -OCH3 is 2. The molecular formula is C10H10ClNO5. The Labute approximate surface area is 102 Å². The van der Waals surface area contributed by atoms with E-state index in [0.29, 0.717) is 5.56 Å². The molecule has 0 atom stereocenters. The molecule has 0 saturated heterocycles. The van der Waals surface area contributed by atoms with Crippen molar-refractivity contribution in [1.29, 1.82) is 0 Å². The molecule has 0 heterocycles. The summed E-state index contributed by atoms with van der Waals surface area (Å²) in [5, 5.41) is 10.9. The van der Waals surface area contributed by atoms with E-state index in [4.69, 9.17) is 16.3 Å². The number of hydrogen-bond donors (Lipinski definition) is 0. The number of nitro benzene ring substituents is 1. The first kappa shape index (κ1) is 13.2. The molecule has 0 aliphatic carbocycles. The molecule has 1 rings (SSSR count). The monoisotopic (exact) mass is 259 g/mol. The summed E-state index contributed by atoms with van der Waals surface area (Å²) in [4.78, 5) is 21.7. The number of esters is 1. The van der Waals surface area contributed by atoms with Gasteiger partial charge < -0.3 is 9.47 Å². The topological polar surface area (TPSA) is 78.7 Å². The van der Waals surface area contributed by atoms with Gasteiger partial charge in [-0.3, -0.25) is 10.1 Å². The number of rotatable bonds is 4. The lowest BCUT2D eigenvalue weighted by molar-refractivity contribution is -0.386. The fraction of sp³-hybridized carbons (Fsp3) is 0.300. The molecule has 0 amide bonds. The number of alkyl halides is 1. The van der Waals surface area contributed by atoms with Crippen molar-refractivity contribution in [2.75, 3.05) is 14.2 Å². The number of ether oxygens (including phenoxy) is 2. The molecule has 0 fully saturated rings. The standard InChI is InChI=1S/C10H10ClNO5/c1-16-8-4-6(5-11)3-7(10(13)17-2)9(8)12(14)15/h3-4H,5H2,1-2H3. The minimum Gasteiger partial charge on any atom is -0.490 e. The SMILES string of the molecule is COC(=O)c1cc(CCl)cc(OC)c1[N+](=O)[O-]. The zero-order chi connectivity index (χ0) is 13.0. The molecular weight excluding hydrogens is 250 g/mol. The second-order valence-corrected chi connectivity index (χ2v) is 3.34. The van der Waals surface area contributed by atoms with Gasteiger partial charge in [-0.1, -0.05) is 0 Å². The Kier molecular flexibility index (Phi) is 4.28. The van der Waals surface area contributed by atoms with Crippen molar-refractivity contribution in [2.24, 2.45) is 0 Å². The van der Waals surface area contributed by atoms with E-state index in [1.807, 2.05) is 0 Å². The summed E-state index contributed by atoms with van der Waals surface area (Å²) in [5.41, 5.74) is -0.0600. The van der Waals surface area contributed by atoms with Gasteiger partial charge in [0.05, 0.1) is 19.1 Å². The van der Waals surface area contributed by atoms with Crippen LogP contribution in [0.25, 0.3) is 0 Å². The fourth-order valence-corrected chi connectivity index (χ4v) is 1.51. The van der Waals surface area contributed by atoms with Crippen molar-refractivity contribution >= 4 is 23.3 Å². The number of nitrogens with zero attached hydrogens (tertiary/aromatic N) is 1. The van der Waals surface area contributed by atoms with Gasteiger partial charge in [-0.05, 0) is 17.7 Å². The van der Waals surface area contributed by atoms with Gasteiger partial charge in [0.1, 0.15) is 5.56 Å². The molecule has 0 saturated carbocycles. The molecule has 1 aromatic rings. The average Bonchev–Trinajstić information content (AvgIpc) is 2.35. The second-order valence-electron chi connectivity index (χ2n) is 3.08. The third-order valence-corrected chi connectivity index (χ3v) is 2.41. The van der Waals surface area contributed by atoms with Crippen molar-refractivity contribution in [2.45, 2.75) is 5.88 Å². The predicted octanol–water partition coefficient (Wildman–Crippen LogP) is 2.13. The summed E-state index contributed by atoms with van der Waals surface area (Å²) in [7, 11) is 2.42. The minimum absolute atomic E-state index is 0.0199. The van der Waals surface area contributed by atoms with Crippen LogP contribution in [-0.4, -0.2) is 25.1 Å². The normalized spacial score (nSPS) is 9.82. The third-order valence-electron chi connectivity index (χ3n) is 2.10. The smallest absolute Gasteiger partial charge is 0.345 e. The van der Waals surface area contributed by atoms with E-state index in [1.54, 1.807) is 0 Å². The molecule has 0 radical (unpaired) electrons. The van der Waals surface area contributed by atoms with Gasteiger partial charge in [-0.15, -0.1) is 11.6 Å². The molecule has 0 aliphatic rings. The number of nitro groups is 1. The van der Waals surface area contributed by atoms with Crippen LogP contribution >= 0.6 is 11.6 Å². The number of carbonyl (C=O) groups is 1. The summed E-state index contributed by atoms with van der Waals surface area (Å²) in [6.45, 7) is 0. The number of carbonyl (C=O) groups excluding carboxylic acids is 1. The molecule has 17 heavy (non-hydrogen) atoms. The third kappa shape index (κ3) is 2.65. The van der Waals surface area contributed by atoms with Crippen LogP contribution in [0.15, 0.2) is 12.1 Å². The van der Waals surface area contributed by atoms with Crippen LogP contribution in [-0.2, 0) is 10.6 Å².